The van der Waals surface area contributed by atoms with Crippen LogP contribution in [0.2, 0.25) is 0 Å². The second kappa shape index (κ2) is 8.70. The molecule has 2 aromatic heterocycles. The maximum absolute atomic E-state index is 13.7. The zero-order chi connectivity index (χ0) is 20.3. The number of hydrogen-bond donors (Lipinski definition) is 0. The highest BCUT2D eigenvalue weighted by Crippen LogP contribution is 2.32. The van der Waals surface area contributed by atoms with Crippen LogP contribution in [-0.2, 0) is 19.5 Å². The van der Waals surface area contributed by atoms with E-state index in [2.05, 4.69) is 26.6 Å². The number of benzene rings is 1. The molecule has 1 fully saturated rings. The Labute approximate surface area is 180 Å². The van der Waals surface area contributed by atoms with Gasteiger partial charge in [0, 0.05) is 45.2 Å². The predicted octanol–water partition coefficient (Wildman–Crippen LogP) is 5.02. The molecule has 7 heteroatoms. The monoisotopic (exact) mass is 424 g/mol. The van der Waals surface area contributed by atoms with E-state index in [0.29, 0.717) is 11.6 Å². The lowest BCUT2D eigenvalue weighted by atomic mass is 10.1. The van der Waals surface area contributed by atoms with Gasteiger partial charge in [-0.3, -0.25) is 4.90 Å². The van der Waals surface area contributed by atoms with Crippen molar-refractivity contribution in [3.63, 3.8) is 0 Å². The Morgan fingerprint density at radius 2 is 1.97 bits per heavy atom. The number of hydrogen-bond acceptors (Lipinski definition) is 6. The lowest BCUT2D eigenvalue weighted by Gasteiger charge is -2.31. The average Bonchev–Trinajstić information content (AvgIpc) is 3.28. The van der Waals surface area contributed by atoms with Crippen LogP contribution in [0.1, 0.15) is 36.1 Å². The van der Waals surface area contributed by atoms with Gasteiger partial charge < -0.3 is 9.64 Å². The van der Waals surface area contributed by atoms with Crippen molar-refractivity contribution in [2.24, 2.45) is 0 Å². The summed E-state index contributed by atoms with van der Waals surface area (Å²) in [4.78, 5) is 14.4. The lowest BCUT2D eigenvalue weighted by molar-refractivity contribution is 0.238. The summed E-state index contributed by atoms with van der Waals surface area (Å²) in [5, 5.41) is 4.30. The van der Waals surface area contributed by atoms with E-state index in [1.54, 1.807) is 23.5 Å². The number of nitrogens with zero attached hydrogens (tertiary/aromatic N) is 4. The van der Waals surface area contributed by atoms with Gasteiger partial charge in [-0.2, -0.15) is 16.3 Å². The minimum Gasteiger partial charge on any atom is -0.438 e. The molecule has 0 unspecified atom stereocenters. The van der Waals surface area contributed by atoms with Crippen molar-refractivity contribution in [2.75, 3.05) is 24.5 Å². The molecule has 3 aromatic rings. The van der Waals surface area contributed by atoms with Gasteiger partial charge in [0.05, 0.1) is 11.3 Å². The molecule has 2 aliphatic rings. The summed E-state index contributed by atoms with van der Waals surface area (Å²) >= 11 is 1.72. The van der Waals surface area contributed by atoms with Crippen molar-refractivity contribution in [3.8, 4) is 11.6 Å². The third-order valence-electron chi connectivity index (χ3n) is 5.73. The van der Waals surface area contributed by atoms with Gasteiger partial charge in [0.15, 0.2) is 0 Å². The number of aromatic nitrogens is 2. The van der Waals surface area contributed by atoms with Gasteiger partial charge in [-0.1, -0.05) is 6.07 Å². The number of piperidine rings is 1. The minimum absolute atomic E-state index is 0.314. The Morgan fingerprint density at radius 3 is 2.77 bits per heavy atom. The Bertz CT molecular complexity index is 1000. The molecule has 1 saturated heterocycles. The summed E-state index contributed by atoms with van der Waals surface area (Å²) in [6, 6.07) is 8.42. The first-order valence-electron chi connectivity index (χ1n) is 10.6. The highest BCUT2D eigenvalue weighted by molar-refractivity contribution is 7.07. The van der Waals surface area contributed by atoms with Crippen LogP contribution in [-0.4, -0.2) is 34.5 Å². The first-order valence-corrected chi connectivity index (χ1v) is 11.5. The fourth-order valence-corrected chi connectivity index (χ4v) is 4.82. The summed E-state index contributed by atoms with van der Waals surface area (Å²) in [7, 11) is 0. The highest BCUT2D eigenvalue weighted by atomic mass is 32.1. The van der Waals surface area contributed by atoms with Crippen molar-refractivity contribution in [2.45, 2.75) is 38.8 Å². The molecule has 0 N–H and O–H groups in total. The van der Waals surface area contributed by atoms with E-state index in [9.17, 15) is 4.39 Å². The molecule has 0 saturated carbocycles. The topological polar surface area (TPSA) is 41.5 Å². The Kier molecular flexibility index (Phi) is 5.64. The second-order valence-electron chi connectivity index (χ2n) is 7.95. The van der Waals surface area contributed by atoms with Gasteiger partial charge in [-0.15, -0.1) is 0 Å². The summed E-state index contributed by atoms with van der Waals surface area (Å²) < 4.78 is 19.9. The SMILES string of the molecule is Fc1cccc(Oc2nc(N3CCCCC3)nc3c2CN(Cc2ccsc2)CC3)c1. The largest absolute Gasteiger partial charge is 0.438 e. The van der Waals surface area contributed by atoms with E-state index in [4.69, 9.17) is 14.7 Å². The van der Waals surface area contributed by atoms with Crippen molar-refractivity contribution >= 4 is 17.3 Å². The van der Waals surface area contributed by atoms with Crippen molar-refractivity contribution in [1.82, 2.24) is 14.9 Å². The van der Waals surface area contributed by atoms with E-state index in [-0.39, 0.29) is 5.82 Å². The number of thiophene rings is 1. The fraction of sp³-hybridized carbons (Fsp3) is 0.391. The molecule has 0 bridgehead atoms. The third kappa shape index (κ3) is 4.32. The van der Waals surface area contributed by atoms with Crippen LogP contribution in [0.15, 0.2) is 41.1 Å². The molecule has 30 heavy (non-hydrogen) atoms. The van der Waals surface area contributed by atoms with Crippen molar-refractivity contribution in [1.29, 1.82) is 0 Å². The van der Waals surface area contributed by atoms with Crippen LogP contribution < -0.4 is 9.64 Å². The minimum atomic E-state index is -0.314. The lowest BCUT2D eigenvalue weighted by Crippen LogP contribution is -2.34. The predicted molar refractivity (Wildman–Crippen MR) is 117 cm³/mol. The molecule has 156 valence electrons. The van der Waals surface area contributed by atoms with Crippen LogP contribution in [0.4, 0.5) is 10.3 Å². The maximum atomic E-state index is 13.7. The molecule has 5 rings (SSSR count). The zero-order valence-corrected chi connectivity index (χ0v) is 17.7. The van der Waals surface area contributed by atoms with Gasteiger partial charge in [-0.25, -0.2) is 9.37 Å². The molecule has 5 nitrogen and oxygen atoms in total. The molecule has 2 aliphatic heterocycles. The molecule has 0 aliphatic carbocycles. The summed E-state index contributed by atoms with van der Waals surface area (Å²) in [6.45, 7) is 4.54. The quantitative estimate of drug-likeness (QED) is 0.575. The normalized spacial score (nSPS) is 17.0. The van der Waals surface area contributed by atoms with Gasteiger partial charge in [0.1, 0.15) is 11.6 Å². The maximum Gasteiger partial charge on any atom is 0.228 e. The molecule has 0 radical (unpaired) electrons. The Morgan fingerprint density at radius 1 is 1.07 bits per heavy atom. The molecule has 4 heterocycles. The average molecular weight is 425 g/mol. The standard InChI is InChI=1S/C23H25FN4OS/c24-18-5-4-6-19(13-18)29-22-20-15-27(14-17-8-12-30-16-17)11-7-21(20)25-23(26-22)28-9-2-1-3-10-28/h4-6,8,12-13,16H,1-3,7,9-11,14-15H2. The van der Waals surface area contributed by atoms with Crippen LogP contribution in [0.3, 0.4) is 0 Å². The van der Waals surface area contributed by atoms with Crippen LogP contribution in [0, 0.1) is 5.82 Å². The van der Waals surface area contributed by atoms with E-state index in [0.717, 1.165) is 69.2 Å². The number of ether oxygens (including phenoxy) is 1. The van der Waals surface area contributed by atoms with Crippen LogP contribution >= 0.6 is 11.3 Å². The van der Waals surface area contributed by atoms with Crippen molar-refractivity contribution < 1.29 is 9.13 Å². The second-order valence-corrected chi connectivity index (χ2v) is 8.73. The van der Waals surface area contributed by atoms with Gasteiger partial charge in [-0.05, 0) is 53.8 Å². The van der Waals surface area contributed by atoms with Gasteiger partial charge in [0.25, 0.3) is 0 Å². The van der Waals surface area contributed by atoms with Gasteiger partial charge in [0.2, 0.25) is 11.8 Å². The third-order valence-corrected chi connectivity index (χ3v) is 6.46. The number of halogens is 1. The number of rotatable bonds is 5. The molecular formula is C23H25FN4OS. The van der Waals surface area contributed by atoms with E-state index in [1.807, 2.05) is 0 Å². The Balaban J connectivity index is 1.47. The summed E-state index contributed by atoms with van der Waals surface area (Å²) in [5.41, 5.74) is 3.39. The van der Waals surface area contributed by atoms with E-state index in [1.165, 1.54) is 24.1 Å². The first kappa shape index (κ1) is 19.5. The first-order chi connectivity index (χ1) is 14.7. The number of anilines is 1. The highest BCUT2D eigenvalue weighted by Gasteiger charge is 2.26. The Hall–Kier alpha value is -2.51. The molecular weight excluding hydrogens is 399 g/mol. The van der Waals surface area contributed by atoms with E-state index < -0.39 is 0 Å². The molecule has 0 spiro atoms. The number of fused-ring (bicyclic) bond motifs is 1. The zero-order valence-electron chi connectivity index (χ0n) is 16.9. The summed E-state index contributed by atoms with van der Waals surface area (Å²) in [5.74, 6) is 1.45. The van der Waals surface area contributed by atoms with Crippen LogP contribution in [0.25, 0.3) is 0 Å². The fourth-order valence-electron chi connectivity index (χ4n) is 4.16. The van der Waals surface area contributed by atoms with Crippen molar-refractivity contribution in [3.05, 3.63) is 63.7 Å². The van der Waals surface area contributed by atoms with Gasteiger partial charge >= 0.3 is 0 Å². The molecule has 0 amide bonds. The van der Waals surface area contributed by atoms with E-state index >= 15 is 0 Å². The van der Waals surface area contributed by atoms with Crippen LogP contribution in [0.5, 0.6) is 11.6 Å². The molecule has 0 atom stereocenters. The molecule has 1 aromatic carbocycles. The smallest absolute Gasteiger partial charge is 0.228 e. The summed E-state index contributed by atoms with van der Waals surface area (Å²) in [6.07, 6.45) is 4.44.